The van der Waals surface area contributed by atoms with Gasteiger partial charge in [-0.15, -0.1) is 0 Å². The second-order valence-electron chi connectivity index (χ2n) is 5.05. The van der Waals surface area contributed by atoms with Crippen molar-refractivity contribution in [2.45, 2.75) is 5.92 Å². The van der Waals surface area contributed by atoms with Crippen molar-refractivity contribution in [1.29, 1.82) is 0 Å². The van der Waals surface area contributed by atoms with E-state index in [4.69, 9.17) is 16.3 Å². The monoisotopic (exact) mass is 310 g/mol. The summed E-state index contributed by atoms with van der Waals surface area (Å²) in [5.41, 5.74) is 1.66. The highest BCUT2D eigenvalue weighted by atomic mass is 35.5. The highest BCUT2D eigenvalue weighted by Crippen LogP contribution is 2.44. The van der Waals surface area contributed by atoms with Gasteiger partial charge in [0.25, 0.3) is 5.91 Å². The van der Waals surface area contributed by atoms with Crippen LogP contribution in [0.1, 0.15) is 21.8 Å². The summed E-state index contributed by atoms with van der Waals surface area (Å²) >= 11 is 5.88. The van der Waals surface area contributed by atoms with Gasteiger partial charge in [0.2, 0.25) is 0 Å². The molecule has 1 aliphatic heterocycles. The fraction of sp³-hybridized carbons (Fsp3) is 0.0588. The SMILES string of the molecule is O=C(C1c2ccccc2Oc2ccccc21)n1cc(Cl)cn1. The van der Waals surface area contributed by atoms with Gasteiger partial charge in [-0.1, -0.05) is 48.0 Å². The molecule has 2 heterocycles. The van der Waals surface area contributed by atoms with E-state index >= 15 is 0 Å². The van der Waals surface area contributed by atoms with Gasteiger partial charge in [0.05, 0.1) is 23.3 Å². The molecule has 4 nitrogen and oxygen atoms in total. The highest BCUT2D eigenvalue weighted by Gasteiger charge is 2.33. The van der Waals surface area contributed by atoms with Gasteiger partial charge in [-0.25, -0.2) is 4.68 Å². The summed E-state index contributed by atoms with van der Waals surface area (Å²) in [6.07, 6.45) is 2.97. The molecule has 108 valence electrons. The normalized spacial score (nSPS) is 13.1. The van der Waals surface area contributed by atoms with Crippen LogP contribution in [-0.2, 0) is 0 Å². The third kappa shape index (κ3) is 2.00. The van der Waals surface area contributed by atoms with E-state index in [9.17, 15) is 4.79 Å². The first-order valence-corrected chi connectivity index (χ1v) is 7.22. The number of hydrogen-bond acceptors (Lipinski definition) is 3. The van der Waals surface area contributed by atoms with Crippen molar-refractivity contribution in [2.24, 2.45) is 0 Å². The van der Waals surface area contributed by atoms with Crippen LogP contribution in [0.25, 0.3) is 0 Å². The van der Waals surface area contributed by atoms with Crippen LogP contribution in [0, 0.1) is 0 Å². The van der Waals surface area contributed by atoms with Crippen molar-refractivity contribution < 1.29 is 9.53 Å². The van der Waals surface area contributed by atoms with Crippen LogP contribution < -0.4 is 4.74 Å². The minimum Gasteiger partial charge on any atom is -0.457 e. The summed E-state index contributed by atoms with van der Waals surface area (Å²) in [7, 11) is 0. The summed E-state index contributed by atoms with van der Waals surface area (Å²) in [4.78, 5) is 12.9. The van der Waals surface area contributed by atoms with Crippen molar-refractivity contribution in [3.63, 3.8) is 0 Å². The number of hydrogen-bond donors (Lipinski definition) is 0. The molecule has 0 radical (unpaired) electrons. The summed E-state index contributed by atoms with van der Waals surface area (Å²) < 4.78 is 7.17. The molecule has 0 atom stereocenters. The number of para-hydroxylation sites is 2. The topological polar surface area (TPSA) is 44.1 Å². The van der Waals surface area contributed by atoms with Crippen LogP contribution in [0.15, 0.2) is 60.9 Å². The van der Waals surface area contributed by atoms with E-state index in [1.165, 1.54) is 17.1 Å². The molecule has 0 fully saturated rings. The second-order valence-corrected chi connectivity index (χ2v) is 5.49. The van der Waals surface area contributed by atoms with Gasteiger partial charge in [-0.3, -0.25) is 4.79 Å². The number of nitrogens with zero attached hydrogens (tertiary/aromatic N) is 2. The summed E-state index contributed by atoms with van der Waals surface area (Å²) in [6.45, 7) is 0. The van der Waals surface area contributed by atoms with Gasteiger partial charge in [-0.05, 0) is 12.1 Å². The highest BCUT2D eigenvalue weighted by molar-refractivity contribution is 6.30. The summed E-state index contributed by atoms with van der Waals surface area (Å²) in [5.74, 6) is 0.767. The molecule has 0 saturated heterocycles. The molecule has 0 bridgehead atoms. The van der Waals surface area contributed by atoms with E-state index in [0.29, 0.717) is 16.5 Å². The maximum Gasteiger partial charge on any atom is 0.259 e. The lowest BCUT2D eigenvalue weighted by Gasteiger charge is -2.26. The Balaban J connectivity index is 1.89. The minimum atomic E-state index is -0.461. The zero-order chi connectivity index (χ0) is 15.1. The Kier molecular flexibility index (Phi) is 2.98. The lowest BCUT2D eigenvalue weighted by Crippen LogP contribution is -2.24. The maximum absolute atomic E-state index is 12.9. The Morgan fingerprint density at radius 3 is 2.18 bits per heavy atom. The van der Waals surface area contributed by atoms with Gasteiger partial charge in [0.15, 0.2) is 0 Å². The molecule has 0 N–H and O–H groups in total. The van der Waals surface area contributed by atoms with Crippen molar-refractivity contribution in [3.05, 3.63) is 77.1 Å². The molecule has 0 spiro atoms. The first-order valence-electron chi connectivity index (χ1n) is 6.84. The number of rotatable bonds is 1. The van der Waals surface area contributed by atoms with E-state index < -0.39 is 5.92 Å². The van der Waals surface area contributed by atoms with Crippen molar-refractivity contribution in [1.82, 2.24) is 9.78 Å². The van der Waals surface area contributed by atoms with Gasteiger partial charge in [0.1, 0.15) is 11.5 Å². The summed E-state index contributed by atoms with van der Waals surface area (Å²) in [5, 5.41) is 4.46. The average Bonchev–Trinajstić information content (AvgIpc) is 2.98. The second kappa shape index (κ2) is 5.00. The number of carbonyl (C=O) groups is 1. The van der Waals surface area contributed by atoms with E-state index in [1.54, 1.807) is 0 Å². The predicted molar refractivity (Wildman–Crippen MR) is 82.7 cm³/mol. The molecule has 3 aromatic rings. The average molecular weight is 311 g/mol. The number of carbonyl (C=O) groups excluding carboxylic acids is 1. The molecule has 1 aliphatic rings. The first kappa shape index (κ1) is 13.1. The molecular weight excluding hydrogens is 300 g/mol. The first-order chi connectivity index (χ1) is 10.7. The molecule has 1 aromatic heterocycles. The molecule has 22 heavy (non-hydrogen) atoms. The largest absolute Gasteiger partial charge is 0.457 e. The lowest BCUT2D eigenvalue weighted by atomic mass is 9.87. The Morgan fingerprint density at radius 1 is 1.05 bits per heavy atom. The molecule has 5 heteroatoms. The Labute approximate surface area is 131 Å². The standard InChI is InChI=1S/C17H11ClN2O2/c18-11-9-19-20(10-11)17(21)16-12-5-1-3-7-14(12)22-15-8-4-2-6-13(15)16/h1-10,16H. The van der Waals surface area contributed by atoms with Crippen LogP contribution in [-0.4, -0.2) is 15.7 Å². The van der Waals surface area contributed by atoms with E-state index in [-0.39, 0.29) is 5.91 Å². The number of halogens is 1. The Morgan fingerprint density at radius 2 is 1.64 bits per heavy atom. The van der Waals surface area contributed by atoms with E-state index in [2.05, 4.69) is 5.10 Å². The molecule has 0 amide bonds. The van der Waals surface area contributed by atoms with Crippen LogP contribution in [0.4, 0.5) is 0 Å². The molecule has 4 rings (SSSR count). The van der Waals surface area contributed by atoms with Gasteiger partial charge >= 0.3 is 0 Å². The smallest absolute Gasteiger partial charge is 0.259 e. The zero-order valence-corrected chi connectivity index (χ0v) is 12.2. The van der Waals surface area contributed by atoms with Crippen LogP contribution in [0.3, 0.4) is 0 Å². The van der Waals surface area contributed by atoms with Crippen molar-refractivity contribution in [2.75, 3.05) is 0 Å². The fourth-order valence-corrected chi connectivity index (χ4v) is 2.87. The molecule has 0 aliphatic carbocycles. The number of aromatic nitrogens is 2. The molecule has 0 unspecified atom stereocenters. The quantitative estimate of drug-likeness (QED) is 0.679. The molecular formula is C17H11ClN2O2. The third-order valence-electron chi connectivity index (χ3n) is 3.70. The fourth-order valence-electron chi connectivity index (χ4n) is 2.73. The van der Waals surface area contributed by atoms with Crippen LogP contribution in [0.2, 0.25) is 5.02 Å². The van der Waals surface area contributed by atoms with Crippen LogP contribution >= 0.6 is 11.6 Å². The maximum atomic E-state index is 12.9. The lowest BCUT2D eigenvalue weighted by molar-refractivity contribution is 0.0872. The molecule has 0 saturated carbocycles. The van der Waals surface area contributed by atoms with Gasteiger partial charge in [0, 0.05) is 11.1 Å². The van der Waals surface area contributed by atoms with E-state index in [1.807, 2.05) is 48.5 Å². The number of benzene rings is 2. The zero-order valence-electron chi connectivity index (χ0n) is 11.4. The predicted octanol–water partition coefficient (Wildman–Crippen LogP) is 4.11. The Hall–Kier alpha value is -2.59. The van der Waals surface area contributed by atoms with Crippen molar-refractivity contribution in [3.8, 4) is 11.5 Å². The third-order valence-corrected chi connectivity index (χ3v) is 3.90. The van der Waals surface area contributed by atoms with Crippen LogP contribution in [0.5, 0.6) is 11.5 Å². The molecule has 2 aromatic carbocycles. The van der Waals surface area contributed by atoms with Gasteiger partial charge in [-0.2, -0.15) is 5.10 Å². The van der Waals surface area contributed by atoms with Crippen molar-refractivity contribution >= 4 is 17.5 Å². The van der Waals surface area contributed by atoms with E-state index in [0.717, 1.165) is 11.1 Å². The van der Waals surface area contributed by atoms with Gasteiger partial charge < -0.3 is 4.74 Å². The minimum absolute atomic E-state index is 0.157. The Bertz CT molecular complexity index is 827. The summed E-state index contributed by atoms with van der Waals surface area (Å²) in [6, 6.07) is 15.1. The number of ether oxygens (including phenoxy) is 1. The number of fused-ring (bicyclic) bond motifs is 2.